The topological polar surface area (TPSA) is 547 Å². The van der Waals surface area contributed by atoms with Crippen LogP contribution in [0, 0.1) is 5.92 Å². The van der Waals surface area contributed by atoms with Gasteiger partial charge in [-0.1, -0.05) is 20.3 Å². The number of carbonyl (C=O) groups is 9. The maximum Gasteiger partial charge on any atom is 0.326 e. The van der Waals surface area contributed by atoms with Crippen LogP contribution in [0.15, 0.2) is 27.5 Å². The lowest BCUT2D eigenvalue weighted by Gasteiger charge is -2.32. The molecule has 8 amide bonds. The van der Waals surface area contributed by atoms with Crippen molar-refractivity contribution in [2.45, 2.75) is 165 Å². The number of aliphatic hydroxyl groups excluding tert-OH is 1. The number of rotatable bonds is 36. The third-order valence-corrected chi connectivity index (χ3v) is 13.9. The number of aliphatic hydroxyl groups is 1. The van der Waals surface area contributed by atoms with E-state index in [1.807, 2.05) is 0 Å². The molecule has 0 aliphatic carbocycles. The minimum atomic E-state index is -1.64. The molecule has 2 aliphatic rings. The summed E-state index contributed by atoms with van der Waals surface area (Å²) in [5.74, 6) is -8.32. The summed E-state index contributed by atoms with van der Waals surface area (Å²) in [5, 5.41) is 36.1. The van der Waals surface area contributed by atoms with Crippen LogP contribution in [0.3, 0.4) is 0 Å². The highest BCUT2D eigenvalue weighted by atomic mass is 16.4. The van der Waals surface area contributed by atoms with Gasteiger partial charge in [0.05, 0.1) is 19.0 Å². The number of unbranched alkanes of at least 4 members (excludes halogenated alkanes) is 1. The maximum absolute atomic E-state index is 14.7. The number of carbonyl (C=O) groups excluding carboxylic acids is 8. The lowest BCUT2D eigenvalue weighted by molar-refractivity contribution is -0.150. The average molecular weight is 1150 g/mol. The van der Waals surface area contributed by atoms with Gasteiger partial charge in [-0.05, 0) is 95.9 Å². The van der Waals surface area contributed by atoms with E-state index in [2.05, 4.69) is 56.8 Å². The standard InChI is InChI=1S/C49H87N21O11/c1-3-27(2)37(45(79)70-22-10-16-36(70)46(80)81)68-42(76)34(25-71)67-41(75)33(23-28-24-58-26-62-28)66-43(77)35-15-9-21-69(35)44(78)32(14-8-20-61-49(56)57)65-40(74)30(12-4-5-17-50)64-39(73)31(13-7-19-60-48(54)55)63-38(72)29(51)11-6-18-59-47(52)53/h24,26-27,29-37,71H,3-23,25,50-51H2,1-2H3,(H,58,62)(H,63,72)(H,64,73)(H,65,74)(H,66,77)(H,67,75)(H,68,76)(H,80,81)(H4,52,53,59)(H4,54,55,60)(H4,56,57,61)/t27-,29-,30-,31-,32-,33-,34-,35-,36-,37-/m0/s1. The van der Waals surface area contributed by atoms with Gasteiger partial charge in [-0.15, -0.1) is 0 Å². The van der Waals surface area contributed by atoms with E-state index in [1.54, 1.807) is 13.8 Å². The Morgan fingerprint density at radius 1 is 0.642 bits per heavy atom. The van der Waals surface area contributed by atoms with Crippen LogP contribution in [-0.2, 0) is 49.6 Å². The number of aromatic nitrogens is 2. The van der Waals surface area contributed by atoms with Gasteiger partial charge in [-0.25, -0.2) is 9.78 Å². The molecule has 25 N–H and O–H groups in total. The fourth-order valence-corrected chi connectivity index (χ4v) is 9.23. The van der Waals surface area contributed by atoms with E-state index >= 15 is 0 Å². The molecule has 0 unspecified atom stereocenters. The molecule has 3 rings (SSSR count). The smallest absolute Gasteiger partial charge is 0.326 e. The lowest BCUT2D eigenvalue weighted by Crippen LogP contribution is -2.61. The molecule has 2 aliphatic heterocycles. The Hall–Kier alpha value is -7.87. The van der Waals surface area contributed by atoms with Crippen molar-refractivity contribution in [3.63, 3.8) is 0 Å². The van der Waals surface area contributed by atoms with Gasteiger partial charge in [0, 0.05) is 51.0 Å². The fraction of sp³-hybridized carbons (Fsp3) is 0.694. The van der Waals surface area contributed by atoms with E-state index in [0.717, 1.165) is 0 Å². The number of aliphatic imine (C=N–C) groups is 3. The first-order chi connectivity index (χ1) is 38.5. The molecule has 0 aromatic carbocycles. The number of aliphatic carboxylic acids is 1. The van der Waals surface area contributed by atoms with Crippen molar-refractivity contribution in [3.05, 3.63) is 18.2 Å². The number of imidazole rings is 1. The SMILES string of the molecule is CC[C@H](C)[C@H](NC(=O)[C@H](CO)NC(=O)[C@H](Cc1cnc[nH]1)NC(=O)[C@@H]1CCCN1C(=O)[C@H](CCCN=C(N)N)NC(=O)[C@H](CCCCN)NC(=O)[C@H](CCCN=C(N)N)NC(=O)[C@@H](N)CCCN=C(N)N)C(=O)N1CCC[C@H]1C(=O)O. The molecule has 0 bridgehead atoms. The first-order valence-corrected chi connectivity index (χ1v) is 27.4. The van der Waals surface area contributed by atoms with Crippen LogP contribution in [0.1, 0.15) is 109 Å². The molecular weight excluding hydrogens is 1060 g/mol. The number of hydrogen-bond acceptors (Lipinski definition) is 16. The van der Waals surface area contributed by atoms with E-state index in [0.29, 0.717) is 44.2 Å². The van der Waals surface area contributed by atoms with Gasteiger partial charge < -0.3 is 103 Å². The van der Waals surface area contributed by atoms with Crippen LogP contribution in [0.2, 0.25) is 0 Å². The molecule has 10 atom stereocenters. The van der Waals surface area contributed by atoms with Crippen LogP contribution in [0.5, 0.6) is 0 Å². The molecule has 32 nitrogen and oxygen atoms in total. The number of H-pyrrole nitrogens is 1. The fourth-order valence-electron chi connectivity index (χ4n) is 9.23. The Kier molecular flexibility index (Phi) is 29.1. The monoisotopic (exact) mass is 1150 g/mol. The van der Waals surface area contributed by atoms with E-state index in [-0.39, 0.29) is 115 Å². The average Bonchev–Trinajstić information content (AvgIpc) is 4.34. The molecule has 3 heterocycles. The molecule has 454 valence electrons. The van der Waals surface area contributed by atoms with Gasteiger partial charge in [-0.3, -0.25) is 53.3 Å². The van der Waals surface area contributed by atoms with E-state index in [4.69, 9.17) is 45.9 Å². The molecule has 32 heteroatoms. The quantitative estimate of drug-likeness (QED) is 0.0169. The maximum atomic E-state index is 14.7. The predicted molar refractivity (Wildman–Crippen MR) is 298 cm³/mol. The molecule has 0 spiro atoms. The first kappa shape index (κ1) is 67.4. The zero-order valence-electron chi connectivity index (χ0n) is 46.4. The van der Waals surface area contributed by atoms with Crippen molar-refractivity contribution < 1.29 is 53.4 Å². The van der Waals surface area contributed by atoms with E-state index in [1.165, 1.54) is 22.3 Å². The Labute approximate surface area is 470 Å². The summed E-state index contributed by atoms with van der Waals surface area (Å²) in [6.45, 7) is 3.39. The highest BCUT2D eigenvalue weighted by Crippen LogP contribution is 2.23. The number of likely N-dealkylation sites (tertiary alicyclic amines) is 2. The zero-order valence-corrected chi connectivity index (χ0v) is 46.4. The van der Waals surface area contributed by atoms with E-state index in [9.17, 15) is 53.4 Å². The predicted octanol–water partition coefficient (Wildman–Crippen LogP) is -6.42. The summed E-state index contributed by atoms with van der Waals surface area (Å²) in [5.41, 5.74) is 45.2. The van der Waals surface area contributed by atoms with E-state index < -0.39 is 120 Å². The second-order valence-corrected chi connectivity index (χ2v) is 20.1. The van der Waals surface area contributed by atoms with Gasteiger partial charge in [0.1, 0.15) is 48.3 Å². The van der Waals surface area contributed by atoms with Gasteiger partial charge in [-0.2, -0.15) is 0 Å². The number of guanidine groups is 3. The molecule has 1 aromatic rings. The molecule has 1 aromatic heterocycles. The summed E-state index contributed by atoms with van der Waals surface area (Å²) < 4.78 is 0. The summed E-state index contributed by atoms with van der Waals surface area (Å²) in [7, 11) is 0. The number of nitrogens with two attached hydrogens (primary N) is 8. The Morgan fingerprint density at radius 2 is 1.12 bits per heavy atom. The highest BCUT2D eigenvalue weighted by Gasteiger charge is 2.42. The normalized spacial score (nSPS) is 17.8. The number of amides is 8. The minimum absolute atomic E-state index is 0.0239. The molecule has 0 saturated carbocycles. The van der Waals surface area contributed by atoms with Crippen LogP contribution < -0.4 is 77.8 Å². The Balaban J connectivity index is 1.89. The summed E-state index contributed by atoms with van der Waals surface area (Å²) in [6, 6.07) is -11.4. The number of nitrogens with zero attached hydrogens (tertiary/aromatic N) is 6. The number of carboxylic acids is 1. The van der Waals surface area contributed by atoms with Crippen LogP contribution >= 0.6 is 0 Å². The first-order valence-electron chi connectivity index (χ1n) is 27.4. The third kappa shape index (κ3) is 22.7. The number of hydrogen-bond donors (Lipinski definition) is 17. The lowest BCUT2D eigenvalue weighted by atomic mass is 9.97. The summed E-state index contributed by atoms with van der Waals surface area (Å²) >= 11 is 0. The zero-order chi connectivity index (χ0) is 60.2. The largest absolute Gasteiger partial charge is 0.480 e. The molecule has 2 saturated heterocycles. The third-order valence-electron chi connectivity index (χ3n) is 13.9. The second-order valence-electron chi connectivity index (χ2n) is 20.1. The van der Waals surface area contributed by atoms with Gasteiger partial charge >= 0.3 is 5.97 Å². The van der Waals surface area contributed by atoms with Crippen LogP contribution in [0.4, 0.5) is 0 Å². The Morgan fingerprint density at radius 3 is 1.64 bits per heavy atom. The summed E-state index contributed by atoms with van der Waals surface area (Å²) in [6.07, 6.45) is 5.87. The van der Waals surface area contributed by atoms with Crippen molar-refractivity contribution in [2.24, 2.45) is 66.8 Å². The Bertz CT molecular complexity index is 2330. The van der Waals surface area contributed by atoms with Crippen molar-refractivity contribution in [2.75, 3.05) is 45.9 Å². The number of carboxylic acid groups (broad SMARTS) is 1. The molecule has 81 heavy (non-hydrogen) atoms. The number of aromatic amines is 1. The van der Waals surface area contributed by atoms with Crippen LogP contribution in [0.25, 0.3) is 0 Å². The molecular formula is C49H87N21O11. The van der Waals surface area contributed by atoms with Crippen molar-refractivity contribution >= 4 is 71.1 Å². The minimum Gasteiger partial charge on any atom is -0.480 e. The van der Waals surface area contributed by atoms with Gasteiger partial charge in [0.15, 0.2) is 17.9 Å². The molecule has 0 radical (unpaired) electrons. The molecule has 2 fully saturated rings. The van der Waals surface area contributed by atoms with Crippen molar-refractivity contribution in [1.29, 1.82) is 0 Å². The van der Waals surface area contributed by atoms with Gasteiger partial charge in [0.2, 0.25) is 47.3 Å². The van der Waals surface area contributed by atoms with Crippen molar-refractivity contribution in [3.8, 4) is 0 Å². The van der Waals surface area contributed by atoms with Gasteiger partial charge in [0.25, 0.3) is 0 Å². The second kappa shape index (κ2) is 35.0. The summed E-state index contributed by atoms with van der Waals surface area (Å²) in [4.78, 5) is 146. The van der Waals surface area contributed by atoms with Crippen LogP contribution in [-0.4, -0.2) is 201 Å². The van der Waals surface area contributed by atoms with Crippen molar-refractivity contribution in [1.82, 2.24) is 51.7 Å². The highest BCUT2D eigenvalue weighted by molar-refractivity contribution is 5.98. The number of nitrogens with one attached hydrogen (secondary N) is 7.